The van der Waals surface area contributed by atoms with Gasteiger partial charge < -0.3 is 20.5 Å². The molecule has 0 radical (unpaired) electrons. The first-order chi connectivity index (χ1) is 18.0. The van der Waals surface area contributed by atoms with Crippen LogP contribution in [0, 0.1) is 0 Å². The van der Waals surface area contributed by atoms with Gasteiger partial charge in [0.1, 0.15) is 0 Å². The van der Waals surface area contributed by atoms with Crippen molar-refractivity contribution in [2.24, 2.45) is 0 Å². The van der Waals surface area contributed by atoms with Crippen molar-refractivity contribution in [1.82, 2.24) is 20.5 Å². The molecule has 2 atom stereocenters. The number of aliphatic hydroxyl groups is 1. The van der Waals surface area contributed by atoms with Crippen molar-refractivity contribution in [1.29, 1.82) is 0 Å². The van der Waals surface area contributed by atoms with E-state index in [9.17, 15) is 27.9 Å². The molecule has 1 saturated carbocycles. The van der Waals surface area contributed by atoms with Gasteiger partial charge in [0.2, 0.25) is 11.8 Å². The molecule has 2 heterocycles. The third-order valence-corrected chi connectivity index (χ3v) is 7.58. The van der Waals surface area contributed by atoms with Gasteiger partial charge >= 0.3 is 6.18 Å². The summed E-state index contributed by atoms with van der Waals surface area (Å²) < 4.78 is 43.8. The van der Waals surface area contributed by atoms with Gasteiger partial charge in [-0.1, -0.05) is 6.07 Å². The summed E-state index contributed by atoms with van der Waals surface area (Å²) in [5, 5.41) is 16.5. The van der Waals surface area contributed by atoms with Crippen molar-refractivity contribution in [2.45, 2.75) is 68.9 Å². The van der Waals surface area contributed by atoms with Crippen molar-refractivity contribution in [3.63, 3.8) is 0 Å². The second kappa shape index (κ2) is 11.3. The molecule has 4 rings (SSSR count). The Hall–Kier alpha value is -3.18. The summed E-state index contributed by atoms with van der Waals surface area (Å²) in [5.41, 5.74) is -1.22. The maximum absolute atomic E-state index is 12.9. The lowest BCUT2D eigenvalue weighted by atomic mass is 9.77. The SMILES string of the molecule is COc1ccc(C2(O)CCC(N3CC(NC(=O)CNC(=O)c4cccc(C(F)(F)F)c4)CC3C)CC2)cn1. The Morgan fingerprint density at radius 3 is 2.58 bits per heavy atom. The van der Waals surface area contributed by atoms with E-state index in [1.165, 1.54) is 6.07 Å². The minimum atomic E-state index is -4.55. The zero-order valence-electron chi connectivity index (χ0n) is 21.4. The van der Waals surface area contributed by atoms with Crippen LogP contribution in [0.3, 0.4) is 0 Å². The summed E-state index contributed by atoms with van der Waals surface area (Å²) in [5.74, 6) is -0.635. The first-order valence-electron chi connectivity index (χ1n) is 12.7. The number of halogens is 3. The first kappa shape index (κ1) is 27.8. The van der Waals surface area contributed by atoms with Crippen LogP contribution in [-0.4, -0.2) is 65.1 Å². The normalized spacial score (nSPS) is 26.1. The van der Waals surface area contributed by atoms with E-state index >= 15 is 0 Å². The Balaban J connectivity index is 1.25. The molecule has 38 heavy (non-hydrogen) atoms. The molecule has 1 saturated heterocycles. The number of benzene rings is 1. The van der Waals surface area contributed by atoms with Gasteiger partial charge in [-0.25, -0.2) is 4.98 Å². The summed E-state index contributed by atoms with van der Waals surface area (Å²) in [4.78, 5) is 31.3. The van der Waals surface area contributed by atoms with Crippen LogP contribution in [0.15, 0.2) is 42.6 Å². The number of carbonyl (C=O) groups excluding carboxylic acids is 2. The zero-order valence-corrected chi connectivity index (χ0v) is 21.4. The Morgan fingerprint density at radius 2 is 1.95 bits per heavy atom. The lowest BCUT2D eigenvalue weighted by molar-refractivity contribution is -0.137. The number of hydrogen-bond donors (Lipinski definition) is 3. The highest BCUT2D eigenvalue weighted by molar-refractivity contribution is 5.96. The number of amides is 2. The van der Waals surface area contributed by atoms with Crippen LogP contribution in [0.25, 0.3) is 0 Å². The van der Waals surface area contributed by atoms with E-state index in [1.54, 1.807) is 19.4 Å². The van der Waals surface area contributed by atoms with Crippen LogP contribution in [0.2, 0.25) is 0 Å². The molecule has 1 aromatic heterocycles. The van der Waals surface area contributed by atoms with E-state index in [-0.39, 0.29) is 30.2 Å². The molecule has 2 aromatic rings. The molecule has 206 valence electrons. The Morgan fingerprint density at radius 1 is 1.21 bits per heavy atom. The fraction of sp³-hybridized carbons (Fsp3) is 0.519. The third-order valence-electron chi connectivity index (χ3n) is 7.58. The molecule has 2 fully saturated rings. The van der Waals surface area contributed by atoms with E-state index in [0.29, 0.717) is 25.3 Å². The van der Waals surface area contributed by atoms with Gasteiger partial charge in [0.25, 0.3) is 5.91 Å². The van der Waals surface area contributed by atoms with Crippen LogP contribution in [-0.2, 0) is 16.6 Å². The topological polar surface area (TPSA) is 104 Å². The monoisotopic (exact) mass is 534 g/mol. The molecule has 2 aliphatic rings. The maximum Gasteiger partial charge on any atom is 0.416 e. The molecule has 2 amide bonds. The second-order valence-electron chi connectivity index (χ2n) is 10.2. The summed E-state index contributed by atoms with van der Waals surface area (Å²) in [6.45, 7) is 2.43. The first-order valence-corrected chi connectivity index (χ1v) is 12.7. The van der Waals surface area contributed by atoms with Crippen LogP contribution in [0.5, 0.6) is 5.88 Å². The lowest BCUT2D eigenvalue weighted by Gasteiger charge is -2.41. The quantitative estimate of drug-likeness (QED) is 0.504. The summed E-state index contributed by atoms with van der Waals surface area (Å²) in [6, 6.07) is 8.09. The minimum absolute atomic E-state index is 0.102. The Kier molecular flexibility index (Phi) is 8.27. The van der Waals surface area contributed by atoms with Crippen molar-refractivity contribution < 1.29 is 32.6 Å². The van der Waals surface area contributed by atoms with Crippen molar-refractivity contribution in [3.05, 3.63) is 59.3 Å². The van der Waals surface area contributed by atoms with Crippen LogP contribution < -0.4 is 15.4 Å². The lowest BCUT2D eigenvalue weighted by Crippen LogP contribution is -2.46. The van der Waals surface area contributed by atoms with Gasteiger partial charge in [-0.3, -0.25) is 14.5 Å². The number of likely N-dealkylation sites (tertiary alicyclic amines) is 1. The minimum Gasteiger partial charge on any atom is -0.481 e. The van der Waals surface area contributed by atoms with E-state index in [4.69, 9.17) is 4.74 Å². The highest BCUT2D eigenvalue weighted by Crippen LogP contribution is 2.40. The molecular weight excluding hydrogens is 501 g/mol. The maximum atomic E-state index is 12.9. The van der Waals surface area contributed by atoms with Gasteiger partial charge in [-0.15, -0.1) is 0 Å². The number of aromatic nitrogens is 1. The summed E-state index contributed by atoms with van der Waals surface area (Å²) in [7, 11) is 1.55. The second-order valence-corrected chi connectivity index (χ2v) is 10.2. The van der Waals surface area contributed by atoms with Crippen molar-refractivity contribution in [3.8, 4) is 5.88 Å². The fourth-order valence-corrected chi connectivity index (χ4v) is 5.52. The van der Waals surface area contributed by atoms with E-state index in [1.807, 2.05) is 6.07 Å². The molecule has 3 N–H and O–H groups in total. The molecule has 1 aliphatic carbocycles. The predicted octanol–water partition coefficient (Wildman–Crippen LogP) is 3.25. The molecular formula is C27H33F3N4O4. The average molecular weight is 535 g/mol. The number of carbonyl (C=O) groups is 2. The number of nitrogens with zero attached hydrogens (tertiary/aromatic N) is 2. The van der Waals surface area contributed by atoms with Crippen LogP contribution in [0.4, 0.5) is 13.2 Å². The Bertz CT molecular complexity index is 1130. The van der Waals surface area contributed by atoms with E-state index in [0.717, 1.165) is 43.0 Å². The molecule has 1 aliphatic heterocycles. The molecule has 1 aromatic carbocycles. The predicted molar refractivity (Wildman–Crippen MR) is 133 cm³/mol. The summed E-state index contributed by atoms with van der Waals surface area (Å²) >= 11 is 0. The molecule has 0 spiro atoms. The van der Waals surface area contributed by atoms with Crippen molar-refractivity contribution in [2.75, 3.05) is 20.2 Å². The fourth-order valence-electron chi connectivity index (χ4n) is 5.52. The van der Waals surface area contributed by atoms with E-state index < -0.39 is 29.2 Å². The number of pyridine rings is 1. The highest BCUT2D eigenvalue weighted by Gasteiger charge is 2.41. The van der Waals surface area contributed by atoms with E-state index in [2.05, 4.69) is 27.4 Å². The van der Waals surface area contributed by atoms with Gasteiger partial charge in [-0.2, -0.15) is 13.2 Å². The van der Waals surface area contributed by atoms with Gasteiger partial charge in [0, 0.05) is 48.1 Å². The molecule has 0 bridgehead atoms. The largest absolute Gasteiger partial charge is 0.481 e. The molecule has 2 unspecified atom stereocenters. The van der Waals surface area contributed by atoms with Gasteiger partial charge in [0.15, 0.2) is 0 Å². The van der Waals surface area contributed by atoms with Crippen LogP contribution in [0.1, 0.15) is 60.5 Å². The van der Waals surface area contributed by atoms with Gasteiger partial charge in [-0.05, 0) is 63.3 Å². The molecule has 8 nitrogen and oxygen atoms in total. The number of hydrogen-bond acceptors (Lipinski definition) is 6. The number of ether oxygens (including phenoxy) is 1. The molecule has 11 heteroatoms. The number of nitrogens with one attached hydrogen (secondary N) is 2. The zero-order chi connectivity index (χ0) is 27.5. The van der Waals surface area contributed by atoms with Gasteiger partial charge in [0.05, 0.1) is 24.8 Å². The highest BCUT2D eigenvalue weighted by atomic mass is 19.4. The Labute approximate surface area is 219 Å². The number of alkyl halides is 3. The average Bonchev–Trinajstić information content (AvgIpc) is 3.26. The smallest absolute Gasteiger partial charge is 0.416 e. The van der Waals surface area contributed by atoms with Crippen molar-refractivity contribution >= 4 is 11.8 Å². The standard InChI is InChI=1S/C27H33F3N4O4/c1-17-12-21(33-23(35)15-32-25(36)18-4-3-5-19(13-18)27(28,29)30)16-34(17)22-8-10-26(37,11-9-22)20-6-7-24(38-2)31-14-20/h3-7,13-14,17,21-22,37H,8-12,15-16H2,1-2H3,(H,32,36)(H,33,35). The third kappa shape index (κ3) is 6.44. The summed E-state index contributed by atoms with van der Waals surface area (Å²) in [6.07, 6.45) is 0.677. The number of methoxy groups -OCH3 is 1. The number of rotatable bonds is 7. The van der Waals surface area contributed by atoms with Crippen LogP contribution >= 0.6 is 0 Å².